The summed E-state index contributed by atoms with van der Waals surface area (Å²) in [6, 6.07) is 2.19. The van der Waals surface area contributed by atoms with Crippen LogP contribution < -0.4 is 16.1 Å². The highest BCUT2D eigenvalue weighted by molar-refractivity contribution is 6.36. The first kappa shape index (κ1) is 17.2. The van der Waals surface area contributed by atoms with Gasteiger partial charge in [0.2, 0.25) is 0 Å². The molecule has 2 aromatic rings. The number of aromatic nitrogens is 2. The van der Waals surface area contributed by atoms with Gasteiger partial charge >= 0.3 is 11.9 Å². The number of benzene rings is 1. The third-order valence-corrected chi connectivity index (χ3v) is 3.36. The molecule has 0 aliphatic rings. The summed E-state index contributed by atoms with van der Waals surface area (Å²) in [6.07, 6.45) is -4.89. The predicted molar refractivity (Wildman–Crippen MR) is 75.1 cm³/mol. The fourth-order valence-electron chi connectivity index (χ4n) is 1.65. The highest BCUT2D eigenvalue weighted by atomic mass is 35.5. The Morgan fingerprint density at radius 1 is 1.13 bits per heavy atom. The summed E-state index contributed by atoms with van der Waals surface area (Å²) in [5, 5.41) is 9.18. The van der Waals surface area contributed by atoms with Crippen molar-refractivity contribution in [3.8, 4) is 11.5 Å². The molecule has 0 spiro atoms. The third-order valence-electron chi connectivity index (χ3n) is 2.76. The molecule has 124 valence electrons. The summed E-state index contributed by atoms with van der Waals surface area (Å²) in [5.74, 6) is -0.796. The molecule has 0 amide bonds. The summed E-state index contributed by atoms with van der Waals surface area (Å²) in [6.45, 7) is 0. The second kappa shape index (κ2) is 5.82. The van der Waals surface area contributed by atoms with Gasteiger partial charge in [0, 0.05) is 19.2 Å². The lowest BCUT2D eigenvalue weighted by molar-refractivity contribution is -0.144. The lowest BCUT2D eigenvalue weighted by Gasteiger charge is -2.14. The minimum atomic E-state index is -4.89. The first-order valence-corrected chi connectivity index (χ1v) is 6.54. The van der Waals surface area contributed by atoms with Crippen LogP contribution in [0, 0.1) is 0 Å². The van der Waals surface area contributed by atoms with Crippen LogP contribution in [0.2, 0.25) is 10.0 Å². The number of phenolic OH excluding ortho intramolecular Hbond substituents is 1. The standard InChI is InChI=1S/C12H7Cl2F3N2O4/c1-18-9(12(15,16)17)4-10(21)19(11(18)22)23-8-3-7(20)5(13)2-6(8)14/h2-4,20H,1H3. The van der Waals surface area contributed by atoms with Gasteiger partial charge in [-0.3, -0.25) is 9.36 Å². The zero-order valence-corrected chi connectivity index (χ0v) is 12.7. The van der Waals surface area contributed by atoms with Crippen LogP contribution in [0.15, 0.2) is 27.8 Å². The van der Waals surface area contributed by atoms with Gasteiger partial charge in [-0.15, -0.1) is 0 Å². The SMILES string of the molecule is Cn1c(C(F)(F)F)cc(=O)n(Oc2cc(O)c(Cl)cc2Cl)c1=O. The Bertz CT molecular complexity index is 890. The number of halogens is 5. The fourth-order valence-corrected chi connectivity index (χ4v) is 2.07. The molecule has 0 bridgehead atoms. The van der Waals surface area contributed by atoms with E-state index in [1.165, 1.54) is 0 Å². The van der Waals surface area contributed by atoms with E-state index in [0.717, 1.165) is 19.2 Å². The van der Waals surface area contributed by atoms with Gasteiger partial charge in [-0.25, -0.2) is 4.79 Å². The maximum atomic E-state index is 12.7. The summed E-state index contributed by atoms with van der Waals surface area (Å²) in [5.41, 5.74) is -4.17. The topological polar surface area (TPSA) is 73.5 Å². The van der Waals surface area contributed by atoms with Crippen molar-refractivity contribution in [3.05, 3.63) is 54.8 Å². The van der Waals surface area contributed by atoms with Crippen molar-refractivity contribution in [1.82, 2.24) is 9.30 Å². The molecule has 0 fully saturated rings. The molecular formula is C12H7Cl2F3N2O4. The molecule has 1 aromatic carbocycles. The average Bonchev–Trinajstić information content (AvgIpc) is 2.43. The number of phenols is 1. The monoisotopic (exact) mass is 370 g/mol. The predicted octanol–water partition coefficient (Wildman–Crippen LogP) is 2.42. The number of alkyl halides is 3. The Hall–Kier alpha value is -2.13. The second-order valence-corrected chi connectivity index (χ2v) is 5.14. The molecule has 6 nitrogen and oxygen atoms in total. The van der Waals surface area contributed by atoms with Crippen LogP contribution in [0.25, 0.3) is 0 Å². The van der Waals surface area contributed by atoms with E-state index in [0.29, 0.717) is 0 Å². The van der Waals surface area contributed by atoms with Gasteiger partial charge in [-0.05, 0) is 6.07 Å². The highest BCUT2D eigenvalue weighted by Gasteiger charge is 2.35. The van der Waals surface area contributed by atoms with Gasteiger partial charge < -0.3 is 9.94 Å². The number of rotatable bonds is 2. The number of aromatic hydroxyl groups is 1. The van der Waals surface area contributed by atoms with Crippen molar-refractivity contribution in [1.29, 1.82) is 0 Å². The molecule has 1 aromatic heterocycles. The molecule has 0 atom stereocenters. The van der Waals surface area contributed by atoms with Crippen LogP contribution in [0.4, 0.5) is 13.2 Å². The van der Waals surface area contributed by atoms with Crippen LogP contribution in [0.3, 0.4) is 0 Å². The first-order valence-electron chi connectivity index (χ1n) is 5.79. The van der Waals surface area contributed by atoms with Gasteiger partial charge in [0.15, 0.2) is 5.75 Å². The molecule has 23 heavy (non-hydrogen) atoms. The minimum absolute atomic E-state index is 0.0732. The maximum absolute atomic E-state index is 12.7. The van der Waals surface area contributed by atoms with E-state index in [1.54, 1.807) is 0 Å². The summed E-state index contributed by atoms with van der Waals surface area (Å²) >= 11 is 11.4. The molecule has 0 radical (unpaired) electrons. The third kappa shape index (κ3) is 3.30. The summed E-state index contributed by atoms with van der Waals surface area (Å²) < 4.78 is 38.4. The van der Waals surface area contributed by atoms with Crippen LogP contribution in [-0.2, 0) is 13.2 Å². The van der Waals surface area contributed by atoms with E-state index >= 15 is 0 Å². The van der Waals surface area contributed by atoms with E-state index in [-0.39, 0.29) is 31.2 Å². The van der Waals surface area contributed by atoms with E-state index in [4.69, 9.17) is 28.0 Å². The van der Waals surface area contributed by atoms with Crippen LogP contribution in [0.1, 0.15) is 5.69 Å². The van der Waals surface area contributed by atoms with Gasteiger partial charge in [-0.2, -0.15) is 13.2 Å². The van der Waals surface area contributed by atoms with E-state index in [9.17, 15) is 27.9 Å². The smallest absolute Gasteiger partial charge is 0.431 e. The molecule has 2 rings (SSSR count). The molecule has 1 heterocycles. The van der Waals surface area contributed by atoms with Crippen molar-refractivity contribution in [2.45, 2.75) is 6.18 Å². The fraction of sp³-hybridized carbons (Fsp3) is 0.167. The summed E-state index contributed by atoms with van der Waals surface area (Å²) in [7, 11) is 0.825. The van der Waals surface area contributed by atoms with Crippen molar-refractivity contribution in [2.24, 2.45) is 7.05 Å². The van der Waals surface area contributed by atoms with E-state index in [1.807, 2.05) is 0 Å². The molecule has 0 aliphatic carbocycles. The average molecular weight is 371 g/mol. The van der Waals surface area contributed by atoms with Crippen molar-refractivity contribution in [3.63, 3.8) is 0 Å². The van der Waals surface area contributed by atoms with Crippen LogP contribution in [0.5, 0.6) is 11.5 Å². The molecular weight excluding hydrogens is 364 g/mol. The van der Waals surface area contributed by atoms with Crippen molar-refractivity contribution in [2.75, 3.05) is 0 Å². The zero-order valence-electron chi connectivity index (χ0n) is 11.2. The van der Waals surface area contributed by atoms with Crippen molar-refractivity contribution < 1.29 is 23.1 Å². The number of nitrogens with zero attached hydrogens (tertiary/aromatic N) is 2. The first-order chi connectivity index (χ1) is 10.5. The van der Waals surface area contributed by atoms with Gasteiger partial charge in [0.05, 0.1) is 10.0 Å². The normalized spacial score (nSPS) is 11.6. The molecule has 0 saturated carbocycles. The van der Waals surface area contributed by atoms with Gasteiger partial charge in [0.25, 0.3) is 5.56 Å². The lowest BCUT2D eigenvalue weighted by atomic mass is 10.3. The second-order valence-electron chi connectivity index (χ2n) is 4.33. The van der Waals surface area contributed by atoms with Crippen LogP contribution in [-0.4, -0.2) is 14.4 Å². The molecule has 0 aliphatic heterocycles. The molecule has 0 saturated heterocycles. The van der Waals surface area contributed by atoms with E-state index in [2.05, 4.69) is 0 Å². The Morgan fingerprint density at radius 3 is 2.30 bits per heavy atom. The van der Waals surface area contributed by atoms with E-state index < -0.39 is 28.9 Å². The molecule has 1 N–H and O–H groups in total. The minimum Gasteiger partial charge on any atom is -0.506 e. The van der Waals surface area contributed by atoms with Crippen molar-refractivity contribution >= 4 is 23.2 Å². The lowest BCUT2D eigenvalue weighted by Crippen LogP contribution is -2.43. The van der Waals surface area contributed by atoms with Gasteiger partial charge in [0.1, 0.15) is 11.4 Å². The Kier molecular flexibility index (Phi) is 4.36. The van der Waals surface area contributed by atoms with Crippen LogP contribution >= 0.6 is 23.2 Å². The summed E-state index contributed by atoms with van der Waals surface area (Å²) in [4.78, 5) is 28.5. The zero-order chi connectivity index (χ0) is 17.5. The molecule has 11 heteroatoms. The Labute approximate surface area is 135 Å². The largest absolute Gasteiger partial charge is 0.506 e. The quantitative estimate of drug-likeness (QED) is 0.880. The van der Waals surface area contributed by atoms with Gasteiger partial charge in [-0.1, -0.05) is 27.9 Å². The Morgan fingerprint density at radius 2 is 1.74 bits per heavy atom. The molecule has 0 unspecified atom stereocenters. The highest BCUT2D eigenvalue weighted by Crippen LogP contribution is 2.34. The maximum Gasteiger partial charge on any atom is 0.431 e. The Balaban J connectivity index is 2.59. The number of hydrogen-bond donors (Lipinski definition) is 1. The number of hydrogen-bond acceptors (Lipinski definition) is 4.